The van der Waals surface area contributed by atoms with Crippen LogP contribution in [0.4, 0.5) is 13.2 Å². The van der Waals surface area contributed by atoms with Crippen molar-refractivity contribution in [2.24, 2.45) is 0 Å². The molecular formula is C15H11F3O. The number of fused-ring (bicyclic) bond motifs is 1. The molecule has 0 radical (unpaired) electrons. The Hall–Kier alpha value is -1.97. The first kappa shape index (κ1) is 12.1. The Balaban J connectivity index is 1.90. The molecule has 0 saturated heterocycles. The van der Waals surface area contributed by atoms with Gasteiger partial charge in [0.05, 0.1) is 5.56 Å². The van der Waals surface area contributed by atoms with Gasteiger partial charge in [0.1, 0.15) is 11.9 Å². The molecular weight excluding hydrogens is 253 g/mol. The molecule has 0 aliphatic carbocycles. The van der Waals surface area contributed by atoms with Gasteiger partial charge in [-0.25, -0.2) is 0 Å². The molecule has 1 nitrogen and oxygen atoms in total. The summed E-state index contributed by atoms with van der Waals surface area (Å²) in [5, 5.41) is 0. The third kappa shape index (κ3) is 2.30. The van der Waals surface area contributed by atoms with Gasteiger partial charge in [-0.3, -0.25) is 0 Å². The highest BCUT2D eigenvalue weighted by Crippen LogP contribution is 2.38. The molecule has 0 saturated carbocycles. The molecule has 0 bridgehead atoms. The van der Waals surface area contributed by atoms with Gasteiger partial charge in [0.2, 0.25) is 0 Å². The number of benzene rings is 2. The van der Waals surface area contributed by atoms with E-state index in [1.54, 1.807) is 6.07 Å². The Kier molecular flexibility index (Phi) is 2.73. The average molecular weight is 264 g/mol. The van der Waals surface area contributed by atoms with Gasteiger partial charge in [0, 0.05) is 6.42 Å². The lowest BCUT2D eigenvalue weighted by atomic mass is 10.0. The van der Waals surface area contributed by atoms with E-state index in [-0.39, 0.29) is 6.10 Å². The van der Waals surface area contributed by atoms with E-state index < -0.39 is 11.7 Å². The van der Waals surface area contributed by atoms with Crippen molar-refractivity contribution < 1.29 is 17.9 Å². The van der Waals surface area contributed by atoms with Crippen LogP contribution >= 0.6 is 0 Å². The minimum Gasteiger partial charge on any atom is -0.485 e. The molecule has 1 aliphatic rings. The minimum absolute atomic E-state index is 0.334. The molecule has 0 amide bonds. The first-order valence-corrected chi connectivity index (χ1v) is 5.96. The fraction of sp³-hybridized carbons (Fsp3) is 0.200. The summed E-state index contributed by atoms with van der Waals surface area (Å²) in [6.07, 6.45) is -4.04. The van der Waals surface area contributed by atoms with Crippen LogP contribution in [-0.2, 0) is 12.6 Å². The van der Waals surface area contributed by atoms with Gasteiger partial charge < -0.3 is 4.74 Å². The van der Waals surface area contributed by atoms with E-state index >= 15 is 0 Å². The molecule has 2 aromatic rings. The van der Waals surface area contributed by atoms with Gasteiger partial charge in [-0.15, -0.1) is 0 Å². The first-order valence-electron chi connectivity index (χ1n) is 5.96. The Bertz CT molecular complexity index is 579. The summed E-state index contributed by atoms with van der Waals surface area (Å²) >= 11 is 0. The van der Waals surface area contributed by atoms with Crippen molar-refractivity contribution in [3.63, 3.8) is 0 Å². The van der Waals surface area contributed by atoms with Crippen molar-refractivity contribution in [3.8, 4) is 5.75 Å². The summed E-state index contributed by atoms with van der Waals surface area (Å²) in [4.78, 5) is 0. The number of halogens is 3. The Morgan fingerprint density at radius 3 is 2.53 bits per heavy atom. The van der Waals surface area contributed by atoms with Crippen LogP contribution in [0.1, 0.15) is 22.8 Å². The number of hydrogen-bond acceptors (Lipinski definition) is 1. The van der Waals surface area contributed by atoms with E-state index in [4.69, 9.17) is 4.74 Å². The molecule has 0 fully saturated rings. The first-order chi connectivity index (χ1) is 9.04. The zero-order valence-corrected chi connectivity index (χ0v) is 9.95. The second-order valence-corrected chi connectivity index (χ2v) is 4.54. The zero-order valence-electron chi connectivity index (χ0n) is 9.95. The Morgan fingerprint density at radius 1 is 1.00 bits per heavy atom. The molecule has 19 heavy (non-hydrogen) atoms. The standard InChI is InChI=1S/C15H11F3O/c16-15(17,18)12-6-3-5-10(8-12)14-9-11-4-1-2-7-13(11)19-14/h1-8,14H,9H2. The van der Waals surface area contributed by atoms with E-state index in [2.05, 4.69) is 0 Å². The molecule has 1 unspecified atom stereocenters. The molecule has 98 valence electrons. The van der Waals surface area contributed by atoms with Gasteiger partial charge in [-0.2, -0.15) is 13.2 Å². The summed E-state index contributed by atoms with van der Waals surface area (Å²) in [5.74, 6) is 0.755. The van der Waals surface area contributed by atoms with Crippen LogP contribution in [0.3, 0.4) is 0 Å². The van der Waals surface area contributed by atoms with Crippen LogP contribution in [0, 0.1) is 0 Å². The fourth-order valence-electron chi connectivity index (χ4n) is 2.28. The largest absolute Gasteiger partial charge is 0.485 e. The van der Waals surface area contributed by atoms with Crippen LogP contribution in [0.25, 0.3) is 0 Å². The molecule has 3 rings (SSSR count). The van der Waals surface area contributed by atoms with Crippen molar-refractivity contribution >= 4 is 0 Å². The monoisotopic (exact) mass is 264 g/mol. The topological polar surface area (TPSA) is 9.23 Å². The summed E-state index contributed by atoms with van der Waals surface area (Å²) in [6.45, 7) is 0. The molecule has 2 aromatic carbocycles. The van der Waals surface area contributed by atoms with Crippen LogP contribution < -0.4 is 4.74 Å². The van der Waals surface area contributed by atoms with E-state index in [1.807, 2.05) is 24.3 Å². The van der Waals surface area contributed by atoms with Gasteiger partial charge in [0.25, 0.3) is 0 Å². The van der Waals surface area contributed by atoms with Crippen molar-refractivity contribution in [2.45, 2.75) is 18.7 Å². The summed E-state index contributed by atoms with van der Waals surface area (Å²) in [5.41, 5.74) is 0.959. The van der Waals surface area contributed by atoms with Crippen molar-refractivity contribution in [3.05, 3.63) is 65.2 Å². The lowest BCUT2D eigenvalue weighted by Gasteiger charge is -2.13. The molecule has 0 aromatic heterocycles. The third-order valence-electron chi connectivity index (χ3n) is 3.23. The Morgan fingerprint density at radius 2 is 1.79 bits per heavy atom. The molecule has 1 aliphatic heterocycles. The second kappa shape index (κ2) is 4.30. The van der Waals surface area contributed by atoms with Gasteiger partial charge in [-0.1, -0.05) is 30.3 Å². The highest BCUT2D eigenvalue weighted by Gasteiger charge is 2.32. The SMILES string of the molecule is FC(F)(F)c1cccc(C2Cc3ccccc3O2)c1. The van der Waals surface area contributed by atoms with E-state index in [0.717, 1.165) is 23.4 Å². The highest BCUT2D eigenvalue weighted by atomic mass is 19.4. The number of ether oxygens (including phenoxy) is 1. The molecule has 4 heteroatoms. The summed E-state index contributed by atoms with van der Waals surface area (Å²) in [7, 11) is 0. The maximum Gasteiger partial charge on any atom is 0.416 e. The lowest BCUT2D eigenvalue weighted by molar-refractivity contribution is -0.137. The average Bonchev–Trinajstić information content (AvgIpc) is 2.81. The predicted octanol–water partition coefficient (Wildman–Crippen LogP) is 4.38. The highest BCUT2D eigenvalue weighted by molar-refractivity contribution is 5.40. The van der Waals surface area contributed by atoms with Crippen molar-refractivity contribution in [1.29, 1.82) is 0 Å². The quantitative estimate of drug-likeness (QED) is 0.742. The van der Waals surface area contributed by atoms with Gasteiger partial charge in [0.15, 0.2) is 0 Å². The van der Waals surface area contributed by atoms with Gasteiger partial charge >= 0.3 is 6.18 Å². The lowest BCUT2D eigenvalue weighted by Crippen LogP contribution is -2.08. The maximum absolute atomic E-state index is 12.7. The molecule has 0 spiro atoms. The second-order valence-electron chi connectivity index (χ2n) is 4.54. The fourth-order valence-corrected chi connectivity index (χ4v) is 2.28. The zero-order chi connectivity index (χ0) is 13.5. The number of rotatable bonds is 1. The van der Waals surface area contributed by atoms with Crippen LogP contribution in [0.2, 0.25) is 0 Å². The molecule has 1 atom stereocenters. The minimum atomic E-state index is -4.32. The van der Waals surface area contributed by atoms with Crippen molar-refractivity contribution in [1.82, 2.24) is 0 Å². The summed E-state index contributed by atoms with van der Waals surface area (Å²) < 4.78 is 43.7. The smallest absolute Gasteiger partial charge is 0.416 e. The number of para-hydroxylation sites is 1. The van der Waals surface area contributed by atoms with Crippen LogP contribution in [0.15, 0.2) is 48.5 Å². The normalized spacial score (nSPS) is 17.9. The Labute approximate surface area is 108 Å². The number of alkyl halides is 3. The molecule has 0 N–H and O–H groups in total. The van der Waals surface area contributed by atoms with E-state index in [9.17, 15) is 13.2 Å². The van der Waals surface area contributed by atoms with Crippen LogP contribution in [0.5, 0.6) is 5.75 Å². The third-order valence-corrected chi connectivity index (χ3v) is 3.23. The van der Waals surface area contributed by atoms with Gasteiger partial charge in [-0.05, 0) is 29.3 Å². The molecule has 1 heterocycles. The van der Waals surface area contributed by atoms with E-state index in [0.29, 0.717) is 12.0 Å². The predicted molar refractivity (Wildman–Crippen MR) is 65.0 cm³/mol. The maximum atomic E-state index is 12.7. The number of hydrogen-bond donors (Lipinski definition) is 0. The van der Waals surface area contributed by atoms with Crippen molar-refractivity contribution in [2.75, 3.05) is 0 Å². The van der Waals surface area contributed by atoms with E-state index in [1.165, 1.54) is 6.07 Å². The van der Waals surface area contributed by atoms with Crippen LogP contribution in [-0.4, -0.2) is 0 Å². The summed E-state index contributed by atoms with van der Waals surface area (Å²) in [6, 6.07) is 12.9.